The molecule has 0 saturated carbocycles. The summed E-state index contributed by atoms with van der Waals surface area (Å²) in [5.74, 6) is 0.140. The van der Waals surface area contributed by atoms with Crippen molar-refractivity contribution in [3.05, 3.63) is 49.3 Å². The van der Waals surface area contributed by atoms with Crippen LogP contribution in [0.25, 0.3) is 0 Å². The van der Waals surface area contributed by atoms with Crippen molar-refractivity contribution in [2.24, 2.45) is 5.73 Å². The SMILES string of the molecule is N[C@@H](Cc1cc(Br)c(Oc2ccc(O)c(Br)c2)c(Br)c1)C(=O)O. The van der Waals surface area contributed by atoms with Crippen molar-refractivity contribution in [1.82, 2.24) is 0 Å². The summed E-state index contributed by atoms with van der Waals surface area (Å²) in [4.78, 5) is 10.8. The van der Waals surface area contributed by atoms with E-state index in [4.69, 9.17) is 15.6 Å². The van der Waals surface area contributed by atoms with Gasteiger partial charge in [0.15, 0.2) is 5.75 Å². The van der Waals surface area contributed by atoms with Crippen molar-refractivity contribution in [1.29, 1.82) is 0 Å². The molecule has 2 rings (SSSR count). The lowest BCUT2D eigenvalue weighted by Crippen LogP contribution is -2.32. The molecule has 0 aliphatic carbocycles. The van der Waals surface area contributed by atoms with Crippen molar-refractivity contribution in [2.45, 2.75) is 12.5 Å². The van der Waals surface area contributed by atoms with Crippen molar-refractivity contribution < 1.29 is 19.7 Å². The molecule has 23 heavy (non-hydrogen) atoms. The van der Waals surface area contributed by atoms with Gasteiger partial charge >= 0.3 is 5.97 Å². The molecule has 2 aromatic carbocycles. The summed E-state index contributed by atoms with van der Waals surface area (Å²) in [6.45, 7) is 0. The number of hydrogen-bond acceptors (Lipinski definition) is 4. The van der Waals surface area contributed by atoms with E-state index in [1.807, 2.05) is 0 Å². The molecule has 0 bridgehead atoms. The Hall–Kier alpha value is -1.09. The Bertz CT molecular complexity index is 728. The van der Waals surface area contributed by atoms with Crippen LogP contribution in [0.1, 0.15) is 5.56 Å². The van der Waals surface area contributed by atoms with E-state index in [0.29, 0.717) is 24.9 Å². The molecule has 8 heteroatoms. The van der Waals surface area contributed by atoms with Gasteiger partial charge in [0.05, 0.1) is 13.4 Å². The standard InChI is InChI=1S/C15H12Br3NO4/c16-9-6-8(1-2-13(9)20)23-14-10(17)3-7(4-11(14)18)5-12(19)15(21)22/h1-4,6,12,20H,5,19H2,(H,21,22)/t12-/m0/s1. The van der Waals surface area contributed by atoms with Crippen LogP contribution in [0.2, 0.25) is 0 Å². The van der Waals surface area contributed by atoms with E-state index in [2.05, 4.69) is 47.8 Å². The van der Waals surface area contributed by atoms with Crippen molar-refractivity contribution in [2.75, 3.05) is 0 Å². The molecule has 2 aromatic rings. The minimum atomic E-state index is -1.05. The highest BCUT2D eigenvalue weighted by Crippen LogP contribution is 2.39. The zero-order valence-corrected chi connectivity index (χ0v) is 16.4. The summed E-state index contributed by atoms with van der Waals surface area (Å²) in [5, 5.41) is 18.4. The number of carboxylic acid groups (broad SMARTS) is 1. The summed E-state index contributed by atoms with van der Waals surface area (Å²) < 4.78 is 7.63. The van der Waals surface area contributed by atoms with Crippen LogP contribution in [0.4, 0.5) is 0 Å². The molecule has 122 valence electrons. The third-order valence-corrected chi connectivity index (χ3v) is 4.78. The van der Waals surface area contributed by atoms with Gasteiger partial charge in [0, 0.05) is 0 Å². The topological polar surface area (TPSA) is 92.8 Å². The molecule has 0 radical (unpaired) electrons. The fourth-order valence-electron chi connectivity index (χ4n) is 1.84. The average Bonchev–Trinajstić information content (AvgIpc) is 2.46. The van der Waals surface area contributed by atoms with E-state index < -0.39 is 12.0 Å². The molecule has 0 unspecified atom stereocenters. The number of phenols is 1. The Balaban J connectivity index is 2.26. The number of phenolic OH excluding ortho intramolecular Hbond substituents is 1. The third kappa shape index (κ3) is 4.69. The monoisotopic (exact) mass is 507 g/mol. The molecule has 0 heterocycles. The Morgan fingerprint density at radius 3 is 2.26 bits per heavy atom. The highest BCUT2D eigenvalue weighted by molar-refractivity contribution is 9.11. The van der Waals surface area contributed by atoms with Crippen LogP contribution in [0.5, 0.6) is 17.2 Å². The van der Waals surface area contributed by atoms with Gasteiger partial charge in [0.25, 0.3) is 0 Å². The summed E-state index contributed by atoms with van der Waals surface area (Å²) in [6.07, 6.45) is 0.206. The van der Waals surface area contributed by atoms with Crippen molar-refractivity contribution >= 4 is 53.8 Å². The number of nitrogens with two attached hydrogens (primary N) is 1. The number of aromatic hydroxyl groups is 1. The second-order valence-electron chi connectivity index (χ2n) is 4.75. The molecule has 0 fully saturated rings. The Labute approximate surface area is 157 Å². The van der Waals surface area contributed by atoms with E-state index in [1.54, 1.807) is 24.3 Å². The summed E-state index contributed by atoms with van der Waals surface area (Å²) >= 11 is 10.0. The Morgan fingerprint density at radius 1 is 1.13 bits per heavy atom. The van der Waals surface area contributed by atoms with Gasteiger partial charge in [0.1, 0.15) is 17.5 Å². The van der Waals surface area contributed by atoms with Crippen LogP contribution < -0.4 is 10.5 Å². The number of carbonyl (C=O) groups is 1. The lowest BCUT2D eigenvalue weighted by Gasteiger charge is -2.13. The molecule has 1 atom stereocenters. The van der Waals surface area contributed by atoms with Crippen LogP contribution in [0.15, 0.2) is 43.7 Å². The molecule has 0 aliphatic rings. The van der Waals surface area contributed by atoms with Gasteiger partial charge < -0.3 is 20.7 Å². The first-order chi connectivity index (χ1) is 10.8. The number of halogens is 3. The molecule has 0 saturated heterocycles. The lowest BCUT2D eigenvalue weighted by atomic mass is 10.1. The number of hydrogen-bond donors (Lipinski definition) is 3. The molecule has 4 N–H and O–H groups in total. The maximum absolute atomic E-state index is 10.8. The Morgan fingerprint density at radius 2 is 1.74 bits per heavy atom. The van der Waals surface area contributed by atoms with E-state index >= 15 is 0 Å². The molecular formula is C15H12Br3NO4. The zero-order valence-electron chi connectivity index (χ0n) is 11.6. The van der Waals surface area contributed by atoms with Gasteiger partial charge in [-0.25, -0.2) is 0 Å². The maximum atomic E-state index is 10.8. The predicted molar refractivity (Wildman–Crippen MR) is 97.0 cm³/mol. The third-order valence-electron chi connectivity index (χ3n) is 2.97. The molecule has 0 aliphatic heterocycles. The van der Waals surface area contributed by atoms with E-state index in [1.165, 1.54) is 6.07 Å². The summed E-state index contributed by atoms with van der Waals surface area (Å²) in [5.41, 5.74) is 6.31. The maximum Gasteiger partial charge on any atom is 0.320 e. The average molecular weight is 510 g/mol. The summed E-state index contributed by atoms with van der Waals surface area (Å²) in [7, 11) is 0. The number of rotatable bonds is 5. The first kappa shape index (κ1) is 18.3. The van der Waals surface area contributed by atoms with Crippen molar-refractivity contribution in [3.8, 4) is 17.2 Å². The van der Waals surface area contributed by atoms with Gasteiger partial charge in [-0.2, -0.15) is 0 Å². The van der Waals surface area contributed by atoms with Crippen LogP contribution >= 0.6 is 47.8 Å². The second-order valence-corrected chi connectivity index (χ2v) is 7.32. The van der Waals surface area contributed by atoms with Crippen LogP contribution in [0, 0.1) is 0 Å². The van der Waals surface area contributed by atoms with Gasteiger partial charge in [0.2, 0.25) is 0 Å². The van der Waals surface area contributed by atoms with Crippen LogP contribution in [-0.4, -0.2) is 22.2 Å². The normalized spacial score (nSPS) is 12.0. The largest absolute Gasteiger partial charge is 0.507 e. The fraction of sp³-hybridized carbons (Fsp3) is 0.133. The number of ether oxygens (including phenoxy) is 1. The minimum Gasteiger partial charge on any atom is -0.507 e. The highest BCUT2D eigenvalue weighted by atomic mass is 79.9. The number of aliphatic carboxylic acids is 1. The highest BCUT2D eigenvalue weighted by Gasteiger charge is 2.16. The molecular weight excluding hydrogens is 498 g/mol. The fourth-order valence-corrected chi connectivity index (χ4v) is 3.64. The van der Waals surface area contributed by atoms with Crippen LogP contribution in [-0.2, 0) is 11.2 Å². The molecule has 0 amide bonds. The molecule has 5 nitrogen and oxygen atoms in total. The van der Waals surface area contributed by atoms with Crippen LogP contribution in [0.3, 0.4) is 0 Å². The number of carboxylic acids is 1. The molecule has 0 spiro atoms. The Kier molecular flexibility index (Phi) is 6.07. The lowest BCUT2D eigenvalue weighted by molar-refractivity contribution is -0.138. The van der Waals surface area contributed by atoms with Gasteiger partial charge in [-0.1, -0.05) is 0 Å². The minimum absolute atomic E-state index is 0.119. The first-order valence-electron chi connectivity index (χ1n) is 6.40. The first-order valence-corrected chi connectivity index (χ1v) is 8.78. The van der Waals surface area contributed by atoms with E-state index in [9.17, 15) is 9.90 Å². The summed E-state index contributed by atoms with van der Waals surface area (Å²) in [6, 6.07) is 7.35. The molecule has 0 aromatic heterocycles. The number of benzene rings is 2. The van der Waals surface area contributed by atoms with Gasteiger partial charge in [-0.3, -0.25) is 4.79 Å². The van der Waals surface area contributed by atoms with Crippen molar-refractivity contribution in [3.63, 3.8) is 0 Å². The quantitative estimate of drug-likeness (QED) is 0.554. The van der Waals surface area contributed by atoms with Gasteiger partial charge in [-0.15, -0.1) is 0 Å². The van der Waals surface area contributed by atoms with E-state index in [0.717, 1.165) is 5.56 Å². The predicted octanol–water partition coefficient (Wildman–Crippen LogP) is 4.43. The second kappa shape index (κ2) is 7.65. The van der Waals surface area contributed by atoms with E-state index in [-0.39, 0.29) is 12.2 Å². The zero-order chi connectivity index (χ0) is 17.1. The smallest absolute Gasteiger partial charge is 0.320 e. The van der Waals surface area contributed by atoms with Gasteiger partial charge in [-0.05, 0) is 90.1 Å².